The Bertz CT molecular complexity index is 847. The van der Waals surface area contributed by atoms with E-state index in [4.69, 9.17) is 5.73 Å². The van der Waals surface area contributed by atoms with Crippen LogP contribution in [0.5, 0.6) is 0 Å². The molecule has 0 radical (unpaired) electrons. The van der Waals surface area contributed by atoms with Gasteiger partial charge < -0.3 is 11.1 Å². The van der Waals surface area contributed by atoms with Crippen molar-refractivity contribution in [2.45, 2.75) is 0 Å². The van der Waals surface area contributed by atoms with Crippen molar-refractivity contribution in [2.75, 3.05) is 11.1 Å². The van der Waals surface area contributed by atoms with Crippen molar-refractivity contribution < 1.29 is 9.18 Å². The highest BCUT2D eigenvalue weighted by Gasteiger charge is 2.13. The molecule has 0 aliphatic rings. The minimum atomic E-state index is -0.483. The van der Waals surface area contributed by atoms with Gasteiger partial charge in [0.25, 0.3) is 5.91 Å². The van der Waals surface area contributed by atoms with E-state index >= 15 is 0 Å². The first-order valence-electron chi connectivity index (χ1n) is 6.08. The first-order valence-corrected chi connectivity index (χ1v) is 7.69. The lowest BCUT2D eigenvalue weighted by atomic mass is 10.2. The zero-order chi connectivity index (χ0) is 15.0. The number of halogens is 2. The minimum Gasteiger partial charge on any atom is -0.399 e. The van der Waals surface area contributed by atoms with E-state index in [0.29, 0.717) is 15.0 Å². The second-order valence-corrected chi connectivity index (χ2v) is 6.49. The van der Waals surface area contributed by atoms with Gasteiger partial charge >= 0.3 is 0 Å². The quantitative estimate of drug-likeness (QED) is 0.650. The summed E-state index contributed by atoms with van der Waals surface area (Å²) >= 11 is 4.52. The van der Waals surface area contributed by atoms with Gasteiger partial charge in [-0.15, -0.1) is 11.3 Å². The lowest BCUT2D eigenvalue weighted by molar-refractivity contribution is 0.103. The van der Waals surface area contributed by atoms with Crippen molar-refractivity contribution in [3.63, 3.8) is 0 Å². The van der Waals surface area contributed by atoms with Gasteiger partial charge in [-0.05, 0) is 47.9 Å². The maximum atomic E-state index is 13.7. The highest BCUT2D eigenvalue weighted by Crippen LogP contribution is 2.28. The van der Waals surface area contributed by atoms with E-state index in [1.165, 1.54) is 23.5 Å². The number of thiophene rings is 1. The van der Waals surface area contributed by atoms with Crippen LogP contribution in [-0.2, 0) is 0 Å². The molecule has 3 rings (SSSR count). The Morgan fingerprint density at radius 3 is 2.76 bits per heavy atom. The van der Waals surface area contributed by atoms with Gasteiger partial charge in [0.15, 0.2) is 0 Å². The van der Waals surface area contributed by atoms with Crippen LogP contribution in [0.1, 0.15) is 9.67 Å². The minimum absolute atomic E-state index is 0.153. The summed E-state index contributed by atoms with van der Waals surface area (Å²) in [7, 11) is 0. The molecule has 0 fully saturated rings. The number of carbonyl (C=O) groups excluding carboxylic acids is 1. The van der Waals surface area contributed by atoms with Crippen LogP contribution in [-0.4, -0.2) is 5.91 Å². The number of carbonyl (C=O) groups is 1. The lowest BCUT2D eigenvalue weighted by Crippen LogP contribution is -2.11. The van der Waals surface area contributed by atoms with E-state index in [-0.39, 0.29) is 11.6 Å². The van der Waals surface area contributed by atoms with Crippen LogP contribution < -0.4 is 11.1 Å². The van der Waals surface area contributed by atoms with Crippen LogP contribution in [0.25, 0.3) is 10.1 Å². The van der Waals surface area contributed by atoms with E-state index in [1.54, 1.807) is 18.2 Å². The average Bonchev–Trinajstić information content (AvgIpc) is 2.85. The zero-order valence-electron chi connectivity index (χ0n) is 10.7. The molecule has 3 N–H and O–H groups in total. The molecule has 6 heteroatoms. The number of rotatable bonds is 2. The van der Waals surface area contributed by atoms with Crippen molar-refractivity contribution in [2.24, 2.45) is 0 Å². The van der Waals surface area contributed by atoms with E-state index in [9.17, 15) is 9.18 Å². The fraction of sp³-hybridized carbons (Fsp3) is 0. The maximum absolute atomic E-state index is 13.7. The molecule has 21 heavy (non-hydrogen) atoms. The number of nitrogen functional groups attached to an aromatic ring is 1. The SMILES string of the molecule is Nc1ccc2sc(C(=O)Nc3ccc(Br)cc3F)cc2c1. The molecule has 2 aromatic carbocycles. The largest absolute Gasteiger partial charge is 0.399 e. The predicted octanol–water partition coefficient (Wildman–Crippen LogP) is 4.64. The molecule has 0 saturated heterocycles. The average molecular weight is 365 g/mol. The van der Waals surface area contributed by atoms with Crippen LogP contribution in [0.4, 0.5) is 15.8 Å². The summed E-state index contributed by atoms with van der Waals surface area (Å²) in [6.07, 6.45) is 0. The third kappa shape index (κ3) is 2.91. The van der Waals surface area contributed by atoms with Gasteiger partial charge in [0.2, 0.25) is 0 Å². The number of nitrogens with one attached hydrogen (secondary N) is 1. The highest BCUT2D eigenvalue weighted by atomic mass is 79.9. The Morgan fingerprint density at radius 1 is 1.19 bits per heavy atom. The summed E-state index contributed by atoms with van der Waals surface area (Å²) in [5.74, 6) is -0.820. The third-order valence-corrected chi connectivity index (χ3v) is 4.55. The van der Waals surface area contributed by atoms with E-state index in [1.807, 2.05) is 12.1 Å². The van der Waals surface area contributed by atoms with Gasteiger partial charge in [-0.3, -0.25) is 4.79 Å². The molecule has 1 heterocycles. The molecule has 1 amide bonds. The summed E-state index contributed by atoms with van der Waals surface area (Å²) < 4.78 is 15.3. The summed E-state index contributed by atoms with van der Waals surface area (Å²) in [6, 6.07) is 11.7. The van der Waals surface area contributed by atoms with Crippen molar-refractivity contribution >= 4 is 54.6 Å². The van der Waals surface area contributed by atoms with Gasteiger partial charge in [-0.2, -0.15) is 0 Å². The van der Waals surface area contributed by atoms with Gasteiger partial charge in [0.05, 0.1) is 10.6 Å². The van der Waals surface area contributed by atoms with Crippen LogP contribution >= 0.6 is 27.3 Å². The molecule has 1 aromatic heterocycles. The zero-order valence-corrected chi connectivity index (χ0v) is 13.1. The fourth-order valence-electron chi connectivity index (χ4n) is 1.95. The van der Waals surface area contributed by atoms with Crippen LogP contribution in [0.2, 0.25) is 0 Å². The number of anilines is 2. The number of hydrogen-bond donors (Lipinski definition) is 2. The normalized spacial score (nSPS) is 10.8. The van der Waals surface area contributed by atoms with Gasteiger partial charge in [-0.1, -0.05) is 15.9 Å². The number of hydrogen-bond acceptors (Lipinski definition) is 3. The van der Waals surface area contributed by atoms with Gasteiger partial charge in [-0.25, -0.2) is 4.39 Å². The summed E-state index contributed by atoms with van der Waals surface area (Å²) in [5.41, 5.74) is 6.51. The Kier molecular flexibility index (Phi) is 3.65. The number of benzene rings is 2. The van der Waals surface area contributed by atoms with Crippen molar-refractivity contribution in [3.8, 4) is 0 Å². The molecule has 0 aliphatic carbocycles. The van der Waals surface area contributed by atoms with Crippen molar-refractivity contribution in [1.29, 1.82) is 0 Å². The molecule has 3 aromatic rings. The lowest BCUT2D eigenvalue weighted by Gasteiger charge is -2.05. The van der Waals surface area contributed by atoms with Crippen LogP contribution in [0.15, 0.2) is 46.9 Å². The van der Waals surface area contributed by atoms with Crippen LogP contribution in [0, 0.1) is 5.82 Å². The summed E-state index contributed by atoms with van der Waals surface area (Å²) in [4.78, 5) is 12.7. The predicted molar refractivity (Wildman–Crippen MR) is 88.3 cm³/mol. The van der Waals surface area contributed by atoms with E-state index in [2.05, 4.69) is 21.2 Å². The molecule has 0 bridgehead atoms. The smallest absolute Gasteiger partial charge is 0.265 e. The van der Waals surface area contributed by atoms with E-state index < -0.39 is 5.82 Å². The van der Waals surface area contributed by atoms with Crippen LogP contribution in [0.3, 0.4) is 0 Å². The Labute approximate surface area is 132 Å². The first-order chi connectivity index (χ1) is 10.0. The maximum Gasteiger partial charge on any atom is 0.265 e. The summed E-state index contributed by atoms with van der Waals surface area (Å²) in [5, 5.41) is 3.48. The number of fused-ring (bicyclic) bond motifs is 1. The molecule has 0 aliphatic heterocycles. The van der Waals surface area contributed by atoms with Crippen molar-refractivity contribution in [1.82, 2.24) is 0 Å². The summed E-state index contributed by atoms with van der Waals surface area (Å²) in [6.45, 7) is 0. The molecule has 0 saturated carbocycles. The second kappa shape index (κ2) is 5.46. The molecule has 106 valence electrons. The number of amides is 1. The Morgan fingerprint density at radius 2 is 2.00 bits per heavy atom. The topological polar surface area (TPSA) is 55.1 Å². The van der Waals surface area contributed by atoms with Gasteiger partial charge in [0, 0.05) is 14.9 Å². The first kappa shape index (κ1) is 14.0. The second-order valence-electron chi connectivity index (χ2n) is 4.49. The molecule has 0 unspecified atom stereocenters. The molecule has 3 nitrogen and oxygen atoms in total. The van der Waals surface area contributed by atoms with Gasteiger partial charge in [0.1, 0.15) is 5.82 Å². The molecular formula is C15H10BrFN2OS. The monoisotopic (exact) mass is 364 g/mol. The fourth-order valence-corrected chi connectivity index (χ4v) is 3.22. The Balaban J connectivity index is 1.89. The highest BCUT2D eigenvalue weighted by molar-refractivity contribution is 9.10. The van der Waals surface area contributed by atoms with E-state index in [0.717, 1.165) is 10.1 Å². The molecule has 0 spiro atoms. The molecular weight excluding hydrogens is 355 g/mol. The standard InChI is InChI=1S/C15H10BrFN2OS/c16-9-1-3-12(11(17)7-9)19-15(20)14-6-8-5-10(18)2-4-13(8)21-14/h1-7H,18H2,(H,19,20). The molecule has 0 atom stereocenters. The third-order valence-electron chi connectivity index (χ3n) is 2.94. The van der Waals surface area contributed by atoms with Crippen molar-refractivity contribution in [3.05, 3.63) is 57.6 Å². The number of nitrogens with two attached hydrogens (primary N) is 1. The Hall–Kier alpha value is -1.92.